The van der Waals surface area contributed by atoms with Crippen molar-refractivity contribution >= 4 is 23.2 Å². The van der Waals surface area contributed by atoms with Gasteiger partial charge >= 0.3 is 0 Å². The lowest BCUT2D eigenvalue weighted by molar-refractivity contribution is 0.583. The van der Waals surface area contributed by atoms with Crippen LogP contribution in [0, 0.1) is 6.92 Å². The van der Waals surface area contributed by atoms with Gasteiger partial charge in [-0.1, -0.05) is 17.7 Å². The van der Waals surface area contributed by atoms with Gasteiger partial charge in [0, 0.05) is 62.4 Å². The third-order valence-electron chi connectivity index (χ3n) is 4.97. The molecule has 1 atom stereocenters. The van der Waals surface area contributed by atoms with Crippen LogP contribution in [0.25, 0.3) is 0 Å². The van der Waals surface area contributed by atoms with Gasteiger partial charge in [0.05, 0.1) is 0 Å². The minimum absolute atomic E-state index is 0.392. The van der Waals surface area contributed by atoms with Crippen LogP contribution in [0.1, 0.15) is 25.1 Å². The van der Waals surface area contributed by atoms with Gasteiger partial charge in [0.2, 0.25) is 0 Å². The molecule has 1 aromatic heterocycles. The summed E-state index contributed by atoms with van der Waals surface area (Å²) in [6.07, 6.45) is 7.19. The Balaban J connectivity index is 1.37. The van der Waals surface area contributed by atoms with Crippen molar-refractivity contribution in [1.82, 2.24) is 20.2 Å². The lowest BCUT2D eigenvalue weighted by Crippen LogP contribution is -2.44. The number of aromatic nitrogens is 2. The molecule has 146 valence electrons. The molecule has 1 aliphatic heterocycles. The van der Waals surface area contributed by atoms with Crippen molar-refractivity contribution in [3.05, 3.63) is 47.5 Å². The molecule has 0 bridgehead atoms. The molecular weight excluding hydrogens is 360 g/mol. The summed E-state index contributed by atoms with van der Waals surface area (Å²) in [6, 6.07) is 8.45. The summed E-state index contributed by atoms with van der Waals surface area (Å²) in [7, 11) is 1.83. The molecule has 6 nitrogen and oxygen atoms in total. The van der Waals surface area contributed by atoms with E-state index in [0.29, 0.717) is 6.04 Å². The Kier molecular flexibility index (Phi) is 6.98. The van der Waals surface area contributed by atoms with Crippen molar-refractivity contribution in [3.63, 3.8) is 0 Å². The number of anilines is 1. The van der Waals surface area contributed by atoms with Gasteiger partial charge in [0.1, 0.15) is 5.82 Å². The highest BCUT2D eigenvalue weighted by atomic mass is 35.5. The van der Waals surface area contributed by atoms with E-state index in [9.17, 15) is 0 Å². The molecule has 27 heavy (non-hydrogen) atoms. The van der Waals surface area contributed by atoms with E-state index in [1.54, 1.807) is 0 Å². The van der Waals surface area contributed by atoms with Gasteiger partial charge in [-0.05, 0) is 44.4 Å². The largest absolute Gasteiger partial charge is 0.369 e. The van der Waals surface area contributed by atoms with Crippen molar-refractivity contribution in [2.75, 3.05) is 31.6 Å². The second-order valence-corrected chi connectivity index (χ2v) is 7.37. The van der Waals surface area contributed by atoms with Crippen LogP contribution >= 0.6 is 11.6 Å². The zero-order valence-corrected chi connectivity index (χ0v) is 16.9. The van der Waals surface area contributed by atoms with Gasteiger partial charge in [0.15, 0.2) is 5.96 Å². The van der Waals surface area contributed by atoms with Crippen LogP contribution in [0.2, 0.25) is 5.02 Å². The summed E-state index contributed by atoms with van der Waals surface area (Å²) >= 11 is 6.11. The zero-order chi connectivity index (χ0) is 19.1. The Labute approximate surface area is 166 Å². The second-order valence-electron chi connectivity index (χ2n) is 6.93. The van der Waals surface area contributed by atoms with E-state index < -0.39 is 0 Å². The lowest BCUT2D eigenvalue weighted by Gasteiger charge is -2.20. The number of unbranched alkanes of at least 4 members (excludes halogenated alkanes) is 1. The number of benzene rings is 1. The third kappa shape index (κ3) is 5.63. The first-order valence-electron chi connectivity index (χ1n) is 9.61. The number of hydrogen-bond donors (Lipinski definition) is 2. The number of imidazole rings is 1. The predicted octanol–water partition coefficient (Wildman–Crippen LogP) is 3.07. The van der Waals surface area contributed by atoms with Crippen LogP contribution in [0.15, 0.2) is 41.7 Å². The highest BCUT2D eigenvalue weighted by Crippen LogP contribution is 2.23. The Morgan fingerprint density at radius 3 is 3.00 bits per heavy atom. The molecule has 0 aliphatic carbocycles. The van der Waals surface area contributed by atoms with Gasteiger partial charge in [-0.15, -0.1) is 0 Å². The van der Waals surface area contributed by atoms with Gasteiger partial charge in [0.25, 0.3) is 0 Å². The van der Waals surface area contributed by atoms with Crippen LogP contribution in [-0.2, 0) is 6.54 Å². The molecule has 1 aliphatic rings. The smallest absolute Gasteiger partial charge is 0.191 e. The zero-order valence-electron chi connectivity index (χ0n) is 16.2. The molecular formula is C20H29ClN6. The molecule has 0 amide bonds. The third-order valence-corrected chi connectivity index (χ3v) is 5.20. The number of nitrogens with zero attached hydrogens (tertiary/aromatic N) is 4. The first kappa shape index (κ1) is 19.5. The molecule has 1 aromatic carbocycles. The Bertz CT molecular complexity index is 756. The van der Waals surface area contributed by atoms with Crippen molar-refractivity contribution < 1.29 is 0 Å². The van der Waals surface area contributed by atoms with Gasteiger partial charge in [-0.3, -0.25) is 4.99 Å². The topological polar surface area (TPSA) is 57.5 Å². The van der Waals surface area contributed by atoms with Crippen molar-refractivity contribution in [3.8, 4) is 0 Å². The molecule has 1 saturated heterocycles. The molecule has 2 N–H and O–H groups in total. The lowest BCUT2D eigenvalue weighted by atomic mass is 10.2. The minimum atomic E-state index is 0.392. The van der Waals surface area contributed by atoms with Gasteiger partial charge in [-0.25, -0.2) is 4.98 Å². The molecule has 7 heteroatoms. The quantitative estimate of drug-likeness (QED) is 0.435. The van der Waals surface area contributed by atoms with Crippen LogP contribution < -0.4 is 15.5 Å². The first-order chi connectivity index (χ1) is 13.2. The summed E-state index contributed by atoms with van der Waals surface area (Å²) in [5.41, 5.74) is 1.18. The average molecular weight is 389 g/mol. The molecule has 0 spiro atoms. The Morgan fingerprint density at radius 1 is 1.37 bits per heavy atom. The van der Waals surface area contributed by atoms with E-state index in [-0.39, 0.29) is 0 Å². The molecule has 2 heterocycles. The maximum atomic E-state index is 6.11. The number of rotatable bonds is 7. The fraction of sp³-hybridized carbons (Fsp3) is 0.500. The van der Waals surface area contributed by atoms with Gasteiger partial charge in [-0.2, -0.15) is 0 Å². The molecule has 0 saturated carbocycles. The molecule has 2 aromatic rings. The average Bonchev–Trinajstić information content (AvgIpc) is 3.29. The summed E-state index contributed by atoms with van der Waals surface area (Å²) in [4.78, 5) is 11.0. The van der Waals surface area contributed by atoms with Crippen molar-refractivity contribution in [1.29, 1.82) is 0 Å². The Hall–Kier alpha value is -2.21. The van der Waals surface area contributed by atoms with E-state index in [1.165, 1.54) is 5.69 Å². The normalized spacial score (nSPS) is 17.4. The van der Waals surface area contributed by atoms with Crippen LogP contribution in [-0.4, -0.2) is 48.2 Å². The fourth-order valence-electron chi connectivity index (χ4n) is 3.43. The first-order valence-corrected chi connectivity index (χ1v) is 9.99. The number of halogens is 1. The number of aryl methyl sites for hydroxylation is 2. The SMILES string of the molecule is CN=C(NCCCCn1ccnc1C)NC1CCN(c2cccc(Cl)c2)C1. The maximum absolute atomic E-state index is 6.11. The van der Waals surface area contributed by atoms with E-state index >= 15 is 0 Å². The standard InChI is InChI=1S/C20H29ClN6/c1-16-23-10-13-26(16)11-4-3-9-24-20(22-2)25-18-8-12-27(15-18)19-7-5-6-17(21)14-19/h5-7,10,13-14,18H,3-4,8-9,11-12,15H2,1-2H3,(H2,22,24,25). The van der Waals surface area contributed by atoms with Crippen LogP contribution in [0.5, 0.6) is 0 Å². The number of guanidine groups is 1. The predicted molar refractivity (Wildman–Crippen MR) is 113 cm³/mol. The van der Waals surface area contributed by atoms with Gasteiger partial charge < -0.3 is 20.1 Å². The summed E-state index contributed by atoms with van der Waals surface area (Å²) in [6.45, 7) is 5.95. The molecule has 1 fully saturated rings. The van der Waals surface area contributed by atoms with E-state index in [2.05, 4.69) is 36.1 Å². The van der Waals surface area contributed by atoms with Crippen LogP contribution in [0.4, 0.5) is 5.69 Å². The summed E-state index contributed by atoms with van der Waals surface area (Å²) < 4.78 is 2.19. The number of nitrogens with one attached hydrogen (secondary N) is 2. The highest BCUT2D eigenvalue weighted by Gasteiger charge is 2.23. The molecule has 3 rings (SSSR count). The maximum Gasteiger partial charge on any atom is 0.191 e. The van der Waals surface area contributed by atoms with Crippen LogP contribution in [0.3, 0.4) is 0 Å². The highest BCUT2D eigenvalue weighted by molar-refractivity contribution is 6.30. The monoisotopic (exact) mass is 388 g/mol. The number of hydrogen-bond acceptors (Lipinski definition) is 3. The second kappa shape index (κ2) is 9.65. The van der Waals surface area contributed by atoms with Crippen molar-refractivity contribution in [2.24, 2.45) is 4.99 Å². The van der Waals surface area contributed by atoms with E-state index in [0.717, 1.165) is 62.2 Å². The van der Waals surface area contributed by atoms with E-state index in [1.807, 2.05) is 44.6 Å². The van der Waals surface area contributed by atoms with E-state index in [4.69, 9.17) is 11.6 Å². The fourth-order valence-corrected chi connectivity index (χ4v) is 3.61. The van der Waals surface area contributed by atoms with Crippen molar-refractivity contribution in [2.45, 2.75) is 38.8 Å². The molecule has 1 unspecified atom stereocenters. The molecule has 0 radical (unpaired) electrons. The minimum Gasteiger partial charge on any atom is -0.369 e. The summed E-state index contributed by atoms with van der Waals surface area (Å²) in [5, 5.41) is 7.76. The Morgan fingerprint density at radius 2 is 2.26 bits per heavy atom. The number of aliphatic imine (C=N–C) groups is 1. The summed E-state index contributed by atoms with van der Waals surface area (Å²) in [5.74, 6) is 1.96.